The Morgan fingerprint density at radius 2 is 1.80 bits per heavy atom. The molecule has 0 saturated carbocycles. The number of carbonyl (C=O) groups excluding carboxylic acids is 1. The number of halogens is 1. The third kappa shape index (κ3) is 7.31. The van der Waals surface area contributed by atoms with Crippen LogP contribution in [0.25, 0.3) is 0 Å². The van der Waals surface area contributed by atoms with Crippen molar-refractivity contribution in [3.05, 3.63) is 71.3 Å². The van der Waals surface area contributed by atoms with E-state index in [9.17, 15) is 4.79 Å². The van der Waals surface area contributed by atoms with Crippen molar-refractivity contribution in [2.24, 2.45) is 4.99 Å². The molecule has 2 aromatic carbocycles. The molecule has 6 heteroatoms. The van der Waals surface area contributed by atoms with Gasteiger partial charge < -0.3 is 15.5 Å². The Labute approximate surface area is 197 Å². The first kappa shape index (κ1) is 24.2. The summed E-state index contributed by atoms with van der Waals surface area (Å²) < 4.78 is 0. The lowest BCUT2D eigenvalue weighted by Gasteiger charge is -2.28. The lowest BCUT2D eigenvalue weighted by atomic mass is 10.00. The number of benzene rings is 2. The monoisotopic (exact) mass is 520 g/mol. The summed E-state index contributed by atoms with van der Waals surface area (Å²) in [7, 11) is 0. The van der Waals surface area contributed by atoms with Gasteiger partial charge in [0, 0.05) is 25.7 Å². The predicted molar refractivity (Wildman–Crippen MR) is 134 cm³/mol. The van der Waals surface area contributed by atoms with Crippen LogP contribution in [0.2, 0.25) is 0 Å². The van der Waals surface area contributed by atoms with E-state index in [1.807, 2.05) is 24.0 Å². The topological polar surface area (TPSA) is 56.7 Å². The van der Waals surface area contributed by atoms with Crippen LogP contribution in [0.4, 0.5) is 0 Å². The molecule has 1 amide bonds. The fourth-order valence-corrected chi connectivity index (χ4v) is 3.61. The molecule has 0 fully saturated rings. The van der Waals surface area contributed by atoms with Crippen LogP contribution in [-0.4, -0.2) is 42.4 Å². The number of nitrogens with one attached hydrogen (secondary N) is 2. The van der Waals surface area contributed by atoms with E-state index in [-0.39, 0.29) is 42.5 Å². The van der Waals surface area contributed by atoms with Crippen molar-refractivity contribution in [3.8, 4) is 0 Å². The molecule has 162 valence electrons. The number of hydrogen-bond acceptors (Lipinski definition) is 2. The summed E-state index contributed by atoms with van der Waals surface area (Å²) >= 11 is 0. The second-order valence-electron chi connectivity index (χ2n) is 7.60. The van der Waals surface area contributed by atoms with Gasteiger partial charge in [0.1, 0.15) is 6.54 Å². The molecule has 1 aliphatic heterocycles. The summed E-state index contributed by atoms with van der Waals surface area (Å²) in [5.41, 5.74) is 3.93. The van der Waals surface area contributed by atoms with Crippen molar-refractivity contribution in [2.75, 3.05) is 19.6 Å². The van der Waals surface area contributed by atoms with Crippen LogP contribution in [-0.2, 0) is 24.2 Å². The summed E-state index contributed by atoms with van der Waals surface area (Å²) in [4.78, 5) is 19.1. The van der Waals surface area contributed by atoms with E-state index in [4.69, 9.17) is 0 Å². The number of aliphatic imine (C=N–C) groups is 1. The minimum absolute atomic E-state index is 0. The Bertz CT molecular complexity index is 825. The van der Waals surface area contributed by atoms with Gasteiger partial charge in [0.05, 0.1) is 0 Å². The molecule has 5 nitrogen and oxygen atoms in total. The summed E-state index contributed by atoms with van der Waals surface area (Å²) in [5.74, 6) is 0.785. The van der Waals surface area contributed by atoms with E-state index in [1.165, 1.54) is 16.7 Å². The minimum Gasteiger partial charge on any atom is -0.357 e. The molecule has 1 aliphatic rings. The van der Waals surface area contributed by atoms with Gasteiger partial charge in [0.25, 0.3) is 0 Å². The zero-order valence-corrected chi connectivity index (χ0v) is 20.3. The Morgan fingerprint density at radius 3 is 2.53 bits per heavy atom. The molecule has 1 heterocycles. The maximum Gasteiger partial charge on any atom is 0.244 e. The first-order chi connectivity index (χ1) is 14.2. The molecule has 1 unspecified atom stereocenters. The molecule has 0 saturated heterocycles. The summed E-state index contributed by atoms with van der Waals surface area (Å²) in [5, 5.41) is 6.68. The van der Waals surface area contributed by atoms with Crippen molar-refractivity contribution in [1.82, 2.24) is 15.5 Å². The standard InChI is InChI=1S/C24H32N4O.HI/c1-3-25-24(27-19(2)13-14-20-9-5-4-6-10-20)26-17-23(29)28-16-15-21-11-7-8-12-22(21)18-28;/h4-12,19H,3,13-18H2,1-2H3,(H2,25,26,27);1H. The van der Waals surface area contributed by atoms with Gasteiger partial charge in [-0.25, -0.2) is 4.99 Å². The number of guanidine groups is 1. The lowest BCUT2D eigenvalue weighted by molar-refractivity contribution is -0.130. The van der Waals surface area contributed by atoms with Gasteiger partial charge in [-0.1, -0.05) is 54.6 Å². The summed E-state index contributed by atoms with van der Waals surface area (Å²) in [6.45, 7) is 6.57. The molecule has 2 N–H and O–H groups in total. The van der Waals surface area contributed by atoms with Crippen LogP contribution in [0.1, 0.15) is 37.0 Å². The molecule has 0 bridgehead atoms. The van der Waals surface area contributed by atoms with E-state index in [1.54, 1.807) is 0 Å². The Balaban J connectivity index is 0.00000320. The second-order valence-corrected chi connectivity index (χ2v) is 7.60. The maximum atomic E-state index is 12.7. The molecule has 0 aromatic heterocycles. The molecule has 2 aromatic rings. The first-order valence-electron chi connectivity index (χ1n) is 10.6. The van der Waals surface area contributed by atoms with Gasteiger partial charge in [-0.05, 0) is 49.8 Å². The second kappa shape index (κ2) is 12.6. The quantitative estimate of drug-likeness (QED) is 0.332. The van der Waals surface area contributed by atoms with Crippen molar-refractivity contribution >= 4 is 35.8 Å². The summed E-state index contributed by atoms with van der Waals surface area (Å²) in [6.07, 6.45) is 2.94. The van der Waals surface area contributed by atoms with Crippen molar-refractivity contribution in [3.63, 3.8) is 0 Å². The SMILES string of the molecule is CCNC(=NCC(=O)N1CCc2ccccc2C1)NC(C)CCc1ccccc1.I. The lowest BCUT2D eigenvalue weighted by Crippen LogP contribution is -2.43. The van der Waals surface area contributed by atoms with Gasteiger partial charge in [-0.2, -0.15) is 0 Å². The normalized spacial score (nSPS) is 14.3. The smallest absolute Gasteiger partial charge is 0.244 e. The average molecular weight is 520 g/mol. The molecule has 3 rings (SSSR count). The fourth-order valence-electron chi connectivity index (χ4n) is 3.61. The first-order valence-corrected chi connectivity index (χ1v) is 10.6. The minimum atomic E-state index is 0. The van der Waals surface area contributed by atoms with Gasteiger partial charge in [0.15, 0.2) is 5.96 Å². The zero-order chi connectivity index (χ0) is 20.5. The molecular weight excluding hydrogens is 487 g/mol. The third-order valence-electron chi connectivity index (χ3n) is 5.29. The van der Waals surface area contributed by atoms with E-state index in [0.717, 1.165) is 32.4 Å². The molecule has 0 radical (unpaired) electrons. The Kier molecular flexibility index (Phi) is 10.1. The summed E-state index contributed by atoms with van der Waals surface area (Å²) in [6, 6.07) is 19.1. The van der Waals surface area contributed by atoms with E-state index >= 15 is 0 Å². The molecule has 0 spiro atoms. The molecule has 30 heavy (non-hydrogen) atoms. The average Bonchev–Trinajstić information content (AvgIpc) is 2.76. The number of carbonyl (C=O) groups is 1. The van der Waals surface area contributed by atoms with Crippen molar-refractivity contribution in [2.45, 2.75) is 45.7 Å². The molecule has 0 aliphatic carbocycles. The van der Waals surface area contributed by atoms with Gasteiger partial charge in [0.2, 0.25) is 5.91 Å². The highest BCUT2D eigenvalue weighted by Gasteiger charge is 2.20. The Morgan fingerprint density at radius 1 is 1.10 bits per heavy atom. The Hall–Kier alpha value is -2.09. The van der Waals surface area contributed by atoms with Crippen molar-refractivity contribution < 1.29 is 4.79 Å². The van der Waals surface area contributed by atoms with Gasteiger partial charge in [-0.3, -0.25) is 4.79 Å². The van der Waals surface area contributed by atoms with Gasteiger partial charge >= 0.3 is 0 Å². The number of aryl methyl sites for hydroxylation is 1. The number of amides is 1. The number of fused-ring (bicyclic) bond motifs is 1. The van der Waals surface area contributed by atoms with Crippen molar-refractivity contribution in [1.29, 1.82) is 0 Å². The fraction of sp³-hybridized carbons (Fsp3) is 0.417. The third-order valence-corrected chi connectivity index (χ3v) is 5.29. The molecule has 1 atom stereocenters. The van der Waals surface area contributed by atoms with E-state index < -0.39 is 0 Å². The van der Waals surface area contributed by atoms with Crippen LogP contribution in [0, 0.1) is 0 Å². The van der Waals surface area contributed by atoms with E-state index in [2.05, 4.69) is 65.0 Å². The highest BCUT2D eigenvalue weighted by Crippen LogP contribution is 2.18. The predicted octanol–water partition coefficient (Wildman–Crippen LogP) is 3.77. The number of rotatable bonds is 7. The highest BCUT2D eigenvalue weighted by molar-refractivity contribution is 14.0. The van der Waals surface area contributed by atoms with Crippen LogP contribution < -0.4 is 10.6 Å². The van der Waals surface area contributed by atoms with E-state index in [0.29, 0.717) is 12.5 Å². The van der Waals surface area contributed by atoms with Crippen LogP contribution in [0.5, 0.6) is 0 Å². The van der Waals surface area contributed by atoms with Crippen LogP contribution in [0.3, 0.4) is 0 Å². The highest BCUT2D eigenvalue weighted by atomic mass is 127. The maximum absolute atomic E-state index is 12.7. The largest absolute Gasteiger partial charge is 0.357 e. The van der Waals surface area contributed by atoms with Crippen LogP contribution >= 0.6 is 24.0 Å². The molecular formula is C24H33IN4O. The number of hydrogen-bond donors (Lipinski definition) is 2. The number of nitrogens with zero attached hydrogens (tertiary/aromatic N) is 2. The van der Waals surface area contributed by atoms with Crippen LogP contribution in [0.15, 0.2) is 59.6 Å². The van der Waals surface area contributed by atoms with Gasteiger partial charge in [-0.15, -0.1) is 24.0 Å². The zero-order valence-electron chi connectivity index (χ0n) is 17.9.